The molecule has 0 aliphatic carbocycles. The normalized spacial score (nSPS) is 13.1. The summed E-state index contributed by atoms with van der Waals surface area (Å²) in [5, 5.41) is 0. The highest BCUT2D eigenvalue weighted by atomic mass is 14.9. The zero-order valence-electron chi connectivity index (χ0n) is 53.7. The van der Waals surface area contributed by atoms with Gasteiger partial charge in [-0.2, -0.15) is 0 Å². The van der Waals surface area contributed by atoms with E-state index < -0.39 is 25.0 Å². The third-order valence-corrected chi connectivity index (χ3v) is 12.9. The van der Waals surface area contributed by atoms with Crippen molar-refractivity contribution in [2.75, 3.05) is 0 Å². The molecule has 0 amide bonds. The van der Waals surface area contributed by atoms with E-state index in [1.807, 2.05) is 119 Å². The Labute approximate surface area is 446 Å². The first-order valence-corrected chi connectivity index (χ1v) is 25.5. The van der Waals surface area contributed by atoms with E-state index in [-0.39, 0.29) is 11.5 Å². The first kappa shape index (κ1) is 46.5. The number of nitrogens with zero attached hydrogens (tertiary/aromatic N) is 4. The molecule has 4 heteroatoms. The van der Waals surface area contributed by atoms with Gasteiger partial charge in [0.15, 0.2) is 24.8 Å². The van der Waals surface area contributed by atoms with Gasteiger partial charge in [0.2, 0.25) is 22.8 Å². The smallest absolute Gasteiger partial charge is 0.201 e. The van der Waals surface area contributed by atoms with Gasteiger partial charge in [0.05, 0.1) is 0 Å². The molecule has 0 N–H and O–H groups in total. The highest BCUT2D eigenvalue weighted by Crippen LogP contribution is 2.27. The molecule has 376 valence electrons. The van der Waals surface area contributed by atoms with Crippen molar-refractivity contribution in [2.24, 2.45) is 40.0 Å². The minimum absolute atomic E-state index is 0.0492. The molecule has 0 radical (unpaired) electrons. The lowest BCUT2D eigenvalue weighted by Crippen LogP contribution is -2.32. The van der Waals surface area contributed by atoms with E-state index in [9.17, 15) is 0 Å². The van der Waals surface area contributed by atoms with Gasteiger partial charge in [-0.25, -0.2) is 18.3 Å². The average molecular weight is 969 g/mol. The highest BCUT2D eigenvalue weighted by Gasteiger charge is 2.19. The first-order chi connectivity index (χ1) is 36.7. The van der Waals surface area contributed by atoms with Crippen molar-refractivity contribution in [2.45, 2.75) is 121 Å². The van der Waals surface area contributed by atoms with Gasteiger partial charge in [-0.15, -0.1) is 0 Å². The van der Waals surface area contributed by atoms with Gasteiger partial charge in [-0.3, -0.25) is 0 Å². The zero-order valence-corrected chi connectivity index (χ0v) is 46.7. The number of aryl methyl sites for hydroxylation is 10. The van der Waals surface area contributed by atoms with E-state index >= 15 is 0 Å². The molecule has 0 aliphatic rings. The Bertz CT molecular complexity index is 3360. The molecule has 4 heterocycles. The molecule has 4 aromatic heterocycles. The SMILES string of the molecule is Cc1ccccc1-c1ccc(CC(C)C)c[n+]1C.[2H]C(C)(C)c1c[n+](C)c(-c2ccccc2C)cc1C.[2H]C([2H])([2H])c1c[n+](C)c(-c2ccccc2C)cc1C([2H])(C)C.[2H]C([2H])(c1ccc(-c2ccccc2C)[n+](C)c1)C(C)C. The molecule has 0 atom stereocenters. The summed E-state index contributed by atoms with van der Waals surface area (Å²) in [6, 6.07) is 45.6. The highest BCUT2D eigenvalue weighted by molar-refractivity contribution is 5.64. The van der Waals surface area contributed by atoms with Crippen molar-refractivity contribution in [1.29, 1.82) is 0 Å². The van der Waals surface area contributed by atoms with Crippen LogP contribution in [-0.4, -0.2) is 0 Å². The number of benzene rings is 4. The molecule has 72 heavy (non-hydrogen) atoms. The topological polar surface area (TPSA) is 15.5 Å². The molecule has 0 bridgehead atoms. The van der Waals surface area contributed by atoms with E-state index in [1.54, 1.807) is 20.0 Å². The Morgan fingerprint density at radius 2 is 0.764 bits per heavy atom. The second kappa shape index (κ2) is 26.3. The molecular weight excluding hydrogens is 873 g/mol. The van der Waals surface area contributed by atoms with E-state index in [4.69, 9.17) is 9.60 Å². The van der Waals surface area contributed by atoms with Crippen molar-refractivity contribution >= 4 is 0 Å². The quantitative estimate of drug-likeness (QED) is 0.121. The molecule has 0 saturated carbocycles. The summed E-state index contributed by atoms with van der Waals surface area (Å²) >= 11 is 0. The minimum Gasteiger partial charge on any atom is -0.201 e. The standard InChI is InChI=1S/4C17H22N/c1-12(2)16-10-17(18(5)11-14(16)4)15-9-7-6-8-13(15)3;1-12(2)16-11-18(5)17(10-14(16)4)15-9-7-6-8-13(15)3;2*1-13(2)11-15-9-10-17(18(4)12-15)16-8-6-5-7-14(16)3/h2*6-12H,1-5H3;2*5-10,12-13H,11H2,1-4H3/q4*+1/i4D3,12D;12D;11D2;. The van der Waals surface area contributed by atoms with Gasteiger partial charge in [0.25, 0.3) is 0 Å². The number of hydrogen-bond acceptors (Lipinski definition) is 0. The molecule has 0 saturated heterocycles. The molecule has 0 unspecified atom stereocenters. The van der Waals surface area contributed by atoms with Crippen LogP contribution in [0.4, 0.5) is 0 Å². The lowest BCUT2D eigenvalue weighted by molar-refractivity contribution is -0.661. The van der Waals surface area contributed by atoms with Gasteiger partial charge < -0.3 is 0 Å². The minimum atomic E-state index is -2.23. The van der Waals surface area contributed by atoms with Crippen molar-refractivity contribution in [3.63, 3.8) is 0 Å². The number of pyridine rings is 4. The average Bonchev–Trinajstić information content (AvgIpc) is 3.37. The Hall–Kier alpha value is -6.52. The van der Waals surface area contributed by atoms with Crippen LogP contribution in [0.25, 0.3) is 45.0 Å². The summed E-state index contributed by atoms with van der Waals surface area (Å²) < 4.78 is 64.4. The summed E-state index contributed by atoms with van der Waals surface area (Å²) in [7, 11) is 8.00. The second-order valence-corrected chi connectivity index (χ2v) is 20.6. The van der Waals surface area contributed by atoms with Crippen molar-refractivity contribution in [3.8, 4) is 45.0 Å². The zero-order chi connectivity index (χ0) is 58.9. The maximum atomic E-state index is 8.32. The molecule has 0 spiro atoms. The van der Waals surface area contributed by atoms with Crippen LogP contribution in [0.15, 0.2) is 158 Å². The number of aromatic nitrogens is 4. The maximum Gasteiger partial charge on any atom is 0.212 e. The first-order valence-electron chi connectivity index (χ1n) is 29.0. The summed E-state index contributed by atoms with van der Waals surface area (Å²) in [6.07, 6.45) is 7.72. The third-order valence-electron chi connectivity index (χ3n) is 12.9. The van der Waals surface area contributed by atoms with Gasteiger partial charge in [0, 0.05) is 78.4 Å². The molecule has 0 aliphatic heterocycles. The van der Waals surface area contributed by atoms with Crippen molar-refractivity contribution < 1.29 is 27.9 Å². The lowest BCUT2D eigenvalue weighted by atomic mass is 9.96. The Kier molecular flexibility index (Phi) is 17.0. The second-order valence-electron chi connectivity index (χ2n) is 20.6. The van der Waals surface area contributed by atoms with E-state index in [0.717, 1.165) is 40.1 Å². The monoisotopic (exact) mass is 968 g/mol. The largest absolute Gasteiger partial charge is 0.212 e. The van der Waals surface area contributed by atoms with Crippen LogP contribution in [0.1, 0.15) is 132 Å². The van der Waals surface area contributed by atoms with Gasteiger partial charge in [0.1, 0.15) is 28.2 Å². The van der Waals surface area contributed by atoms with E-state index in [1.165, 1.54) is 55.9 Å². The molecule has 8 rings (SSSR count). The van der Waals surface area contributed by atoms with Gasteiger partial charge in [-0.1, -0.05) is 128 Å². The van der Waals surface area contributed by atoms with Crippen LogP contribution >= 0.6 is 0 Å². The van der Waals surface area contributed by atoms with Crippen LogP contribution in [0.5, 0.6) is 0 Å². The number of rotatable bonds is 10. The fourth-order valence-corrected chi connectivity index (χ4v) is 9.16. The van der Waals surface area contributed by atoms with E-state index in [2.05, 4.69) is 156 Å². The predicted octanol–water partition coefficient (Wildman–Crippen LogP) is 15.2. The number of hydrogen-bond donors (Lipinski definition) is 0. The molecular formula is C68H88N4+4. The molecule has 4 nitrogen and oxygen atoms in total. The van der Waals surface area contributed by atoms with Crippen molar-refractivity contribution in [3.05, 3.63) is 214 Å². The van der Waals surface area contributed by atoms with Crippen LogP contribution in [0.3, 0.4) is 0 Å². The third kappa shape index (κ3) is 15.2. The summed E-state index contributed by atoms with van der Waals surface area (Å²) in [4.78, 5) is 0. The molecule has 8 aromatic rings. The summed E-state index contributed by atoms with van der Waals surface area (Å²) in [5.41, 5.74) is 19.4. The summed E-state index contributed by atoms with van der Waals surface area (Å²) in [5.74, 6) is -0.886. The fraction of sp³-hybridized carbons (Fsp3) is 0.353. The van der Waals surface area contributed by atoms with Crippen LogP contribution in [-0.2, 0) is 41.0 Å². The van der Waals surface area contributed by atoms with Gasteiger partial charge >= 0.3 is 0 Å². The Morgan fingerprint density at radius 3 is 1.15 bits per heavy atom. The van der Waals surface area contributed by atoms with E-state index in [0.29, 0.717) is 11.5 Å². The summed E-state index contributed by atoms with van der Waals surface area (Å²) in [6.45, 7) is 23.9. The Balaban J connectivity index is 0.000000194. The van der Waals surface area contributed by atoms with Crippen LogP contribution < -0.4 is 18.3 Å². The molecule has 4 aromatic carbocycles. The lowest BCUT2D eigenvalue weighted by Gasteiger charge is -2.11. The fourth-order valence-electron chi connectivity index (χ4n) is 9.16. The molecule has 0 fully saturated rings. The maximum absolute atomic E-state index is 8.32. The van der Waals surface area contributed by atoms with Crippen LogP contribution in [0, 0.1) is 53.3 Å². The Morgan fingerprint density at radius 1 is 0.389 bits per heavy atom. The van der Waals surface area contributed by atoms with Crippen molar-refractivity contribution in [1.82, 2.24) is 0 Å². The van der Waals surface area contributed by atoms with Gasteiger partial charge in [-0.05, 0) is 148 Å². The predicted molar refractivity (Wildman–Crippen MR) is 306 cm³/mol. The van der Waals surface area contributed by atoms with Crippen LogP contribution in [0.2, 0.25) is 0 Å².